The van der Waals surface area contributed by atoms with Crippen LogP contribution in [0.25, 0.3) is 10.9 Å². The Bertz CT molecular complexity index is 635. The average molecular weight is 326 g/mol. The van der Waals surface area contributed by atoms with Crippen LogP contribution in [0.3, 0.4) is 0 Å². The van der Waals surface area contributed by atoms with Crippen LogP contribution in [0.4, 0.5) is 0 Å². The molecular weight excluding hydrogens is 305 g/mol. The van der Waals surface area contributed by atoms with Gasteiger partial charge in [-0.15, -0.1) is 12.4 Å². The molecule has 1 fully saturated rings. The first-order valence-electron chi connectivity index (χ1n) is 7.08. The van der Waals surface area contributed by atoms with E-state index in [4.69, 9.17) is 22.3 Å². The molecule has 2 atom stereocenters. The van der Waals surface area contributed by atoms with Gasteiger partial charge in [0.15, 0.2) is 0 Å². The number of pyridine rings is 1. The summed E-state index contributed by atoms with van der Waals surface area (Å²) in [6.07, 6.45) is 0. The molecule has 2 N–H and O–H groups in total. The molecular formula is C16H21Cl2N3. The molecule has 0 bridgehead atoms. The normalized spacial score (nSPS) is 22.5. The minimum atomic E-state index is 0. The number of nitrogens with two attached hydrogens (primary N) is 1. The molecule has 2 heterocycles. The van der Waals surface area contributed by atoms with E-state index in [0.29, 0.717) is 5.92 Å². The largest absolute Gasteiger partial charge is 0.326 e. The van der Waals surface area contributed by atoms with Crippen LogP contribution < -0.4 is 5.73 Å². The second kappa shape index (κ2) is 6.49. The van der Waals surface area contributed by atoms with Crippen molar-refractivity contribution in [1.82, 2.24) is 9.88 Å². The van der Waals surface area contributed by atoms with Crippen LogP contribution in [0.1, 0.15) is 18.2 Å². The van der Waals surface area contributed by atoms with Crippen LogP contribution in [0.2, 0.25) is 5.02 Å². The van der Waals surface area contributed by atoms with Crippen molar-refractivity contribution >= 4 is 34.9 Å². The van der Waals surface area contributed by atoms with Gasteiger partial charge in [0, 0.05) is 31.1 Å². The Morgan fingerprint density at radius 1 is 1.33 bits per heavy atom. The van der Waals surface area contributed by atoms with Crippen LogP contribution in [0.5, 0.6) is 0 Å². The standard InChI is InChI=1S/C16H20ClN3.ClH/c1-10-7-20(8-13(10)18)9-15-16(17)11(2)12-5-3-4-6-14(12)19-15;/h3-6,10,13H,7-9,18H2,1-2H3;1H. The highest BCUT2D eigenvalue weighted by atomic mass is 35.5. The third kappa shape index (κ3) is 3.16. The molecule has 0 spiro atoms. The molecule has 5 heteroatoms. The van der Waals surface area contributed by atoms with Gasteiger partial charge < -0.3 is 5.73 Å². The summed E-state index contributed by atoms with van der Waals surface area (Å²) in [7, 11) is 0. The first-order chi connectivity index (χ1) is 9.56. The summed E-state index contributed by atoms with van der Waals surface area (Å²) < 4.78 is 0. The molecule has 0 saturated carbocycles. The smallest absolute Gasteiger partial charge is 0.0740 e. The minimum Gasteiger partial charge on any atom is -0.326 e. The minimum absolute atomic E-state index is 0. The van der Waals surface area contributed by atoms with E-state index in [1.54, 1.807) is 0 Å². The van der Waals surface area contributed by atoms with Crippen molar-refractivity contribution in [2.24, 2.45) is 11.7 Å². The summed E-state index contributed by atoms with van der Waals surface area (Å²) in [5.41, 5.74) is 9.18. The molecule has 1 saturated heterocycles. The summed E-state index contributed by atoms with van der Waals surface area (Å²) in [4.78, 5) is 7.08. The van der Waals surface area contributed by atoms with Crippen molar-refractivity contribution in [3.8, 4) is 0 Å². The Labute approximate surface area is 136 Å². The highest BCUT2D eigenvalue weighted by molar-refractivity contribution is 6.32. The lowest BCUT2D eigenvalue weighted by Crippen LogP contribution is -2.28. The predicted molar refractivity (Wildman–Crippen MR) is 91.2 cm³/mol. The molecule has 21 heavy (non-hydrogen) atoms. The van der Waals surface area contributed by atoms with E-state index >= 15 is 0 Å². The molecule has 114 valence electrons. The fourth-order valence-electron chi connectivity index (χ4n) is 2.96. The van der Waals surface area contributed by atoms with Gasteiger partial charge >= 0.3 is 0 Å². The zero-order chi connectivity index (χ0) is 14.3. The zero-order valence-corrected chi connectivity index (χ0v) is 13.9. The number of fused-ring (bicyclic) bond motifs is 1. The van der Waals surface area contributed by atoms with Crippen LogP contribution in [0.15, 0.2) is 24.3 Å². The molecule has 3 rings (SSSR count). The molecule has 1 aromatic carbocycles. The Balaban J connectivity index is 0.00000161. The number of halogens is 2. The number of aromatic nitrogens is 1. The Morgan fingerprint density at radius 3 is 2.71 bits per heavy atom. The van der Waals surface area contributed by atoms with Crippen LogP contribution >= 0.6 is 24.0 Å². The third-order valence-electron chi connectivity index (χ3n) is 4.27. The first-order valence-corrected chi connectivity index (χ1v) is 7.45. The number of hydrogen-bond donors (Lipinski definition) is 1. The lowest BCUT2D eigenvalue weighted by Gasteiger charge is -2.17. The quantitative estimate of drug-likeness (QED) is 0.920. The van der Waals surface area contributed by atoms with Gasteiger partial charge in [0.1, 0.15) is 0 Å². The van der Waals surface area contributed by atoms with Crippen molar-refractivity contribution in [2.75, 3.05) is 13.1 Å². The van der Waals surface area contributed by atoms with E-state index < -0.39 is 0 Å². The maximum atomic E-state index is 6.50. The molecule has 0 aliphatic carbocycles. The molecule has 2 aromatic rings. The number of aryl methyl sites for hydroxylation is 1. The highest BCUT2D eigenvalue weighted by Crippen LogP contribution is 2.28. The monoisotopic (exact) mass is 325 g/mol. The van der Waals surface area contributed by atoms with Crippen molar-refractivity contribution in [1.29, 1.82) is 0 Å². The van der Waals surface area contributed by atoms with E-state index in [1.165, 1.54) is 0 Å². The van der Waals surface area contributed by atoms with Gasteiger partial charge in [-0.2, -0.15) is 0 Å². The van der Waals surface area contributed by atoms with E-state index in [2.05, 4.69) is 24.8 Å². The van der Waals surface area contributed by atoms with E-state index in [0.717, 1.165) is 46.8 Å². The second-order valence-electron chi connectivity index (χ2n) is 5.85. The molecule has 2 unspecified atom stereocenters. The lowest BCUT2D eigenvalue weighted by molar-refractivity contribution is 0.315. The predicted octanol–water partition coefficient (Wildman–Crippen LogP) is 3.40. The van der Waals surface area contributed by atoms with Crippen molar-refractivity contribution in [3.05, 3.63) is 40.5 Å². The fraction of sp³-hybridized carbons (Fsp3) is 0.438. The Hall–Kier alpha value is -0.870. The molecule has 0 radical (unpaired) electrons. The van der Waals surface area contributed by atoms with E-state index in [-0.39, 0.29) is 18.4 Å². The highest BCUT2D eigenvalue weighted by Gasteiger charge is 2.27. The fourth-order valence-corrected chi connectivity index (χ4v) is 3.16. The topological polar surface area (TPSA) is 42.1 Å². The summed E-state index contributed by atoms with van der Waals surface area (Å²) in [6.45, 7) is 6.98. The van der Waals surface area contributed by atoms with Gasteiger partial charge in [0.05, 0.1) is 16.2 Å². The van der Waals surface area contributed by atoms with Gasteiger partial charge in [-0.3, -0.25) is 4.90 Å². The summed E-state index contributed by atoms with van der Waals surface area (Å²) in [5.74, 6) is 0.537. The zero-order valence-electron chi connectivity index (χ0n) is 12.3. The van der Waals surface area contributed by atoms with Gasteiger partial charge in [-0.05, 0) is 24.5 Å². The molecule has 3 nitrogen and oxygen atoms in total. The molecule has 1 aliphatic rings. The van der Waals surface area contributed by atoms with Crippen LogP contribution in [-0.4, -0.2) is 29.0 Å². The number of nitrogens with zero attached hydrogens (tertiary/aromatic N) is 2. The molecule has 1 aromatic heterocycles. The van der Waals surface area contributed by atoms with Crippen molar-refractivity contribution in [2.45, 2.75) is 26.4 Å². The van der Waals surface area contributed by atoms with Crippen LogP contribution in [0, 0.1) is 12.8 Å². The second-order valence-corrected chi connectivity index (χ2v) is 6.23. The summed E-state index contributed by atoms with van der Waals surface area (Å²) in [5, 5.41) is 1.92. The number of rotatable bonds is 2. The molecule has 0 amide bonds. The first kappa shape index (κ1) is 16.5. The maximum absolute atomic E-state index is 6.50. The average Bonchev–Trinajstić information content (AvgIpc) is 2.74. The maximum Gasteiger partial charge on any atom is 0.0740 e. The van der Waals surface area contributed by atoms with Crippen LogP contribution in [-0.2, 0) is 6.54 Å². The molecule has 1 aliphatic heterocycles. The SMILES string of the molecule is Cc1c(Cl)c(CN2CC(C)C(N)C2)nc2ccccc12.Cl. The summed E-state index contributed by atoms with van der Waals surface area (Å²) >= 11 is 6.50. The van der Waals surface area contributed by atoms with Crippen molar-refractivity contribution in [3.63, 3.8) is 0 Å². The van der Waals surface area contributed by atoms with E-state index in [9.17, 15) is 0 Å². The van der Waals surface area contributed by atoms with Gasteiger partial charge in [-0.1, -0.05) is 36.7 Å². The van der Waals surface area contributed by atoms with Gasteiger partial charge in [-0.25, -0.2) is 4.98 Å². The number of benzene rings is 1. The lowest BCUT2D eigenvalue weighted by atomic mass is 10.1. The third-order valence-corrected chi connectivity index (χ3v) is 4.77. The number of para-hydroxylation sites is 1. The number of hydrogen-bond acceptors (Lipinski definition) is 3. The Kier molecular flexibility index (Phi) is 5.10. The Morgan fingerprint density at radius 2 is 2.05 bits per heavy atom. The van der Waals surface area contributed by atoms with Gasteiger partial charge in [0.2, 0.25) is 0 Å². The van der Waals surface area contributed by atoms with E-state index in [1.807, 2.05) is 18.2 Å². The van der Waals surface area contributed by atoms with Crippen molar-refractivity contribution < 1.29 is 0 Å². The summed E-state index contributed by atoms with van der Waals surface area (Å²) in [6, 6.07) is 8.41. The number of likely N-dealkylation sites (tertiary alicyclic amines) is 1. The van der Waals surface area contributed by atoms with Gasteiger partial charge in [0.25, 0.3) is 0 Å².